The van der Waals surface area contributed by atoms with E-state index in [9.17, 15) is 18.4 Å². The van der Waals surface area contributed by atoms with Crippen LogP contribution in [0.3, 0.4) is 0 Å². The summed E-state index contributed by atoms with van der Waals surface area (Å²) in [6.07, 6.45) is 3.15. The molecule has 0 aliphatic carbocycles. The number of nitrogens with zero attached hydrogens (tertiary/aromatic N) is 2. The summed E-state index contributed by atoms with van der Waals surface area (Å²) in [5.41, 5.74) is 4.35. The second-order valence-electron chi connectivity index (χ2n) is 8.41. The minimum Gasteiger partial charge on any atom is -0.497 e. The van der Waals surface area contributed by atoms with Crippen molar-refractivity contribution < 1.29 is 27.9 Å². The van der Waals surface area contributed by atoms with Crippen molar-refractivity contribution in [2.45, 2.75) is 18.4 Å². The number of carbonyl (C=O) groups is 1. The molecule has 4 aromatic rings. The van der Waals surface area contributed by atoms with Gasteiger partial charge in [0.05, 0.1) is 36.9 Å². The van der Waals surface area contributed by atoms with Crippen LogP contribution in [0.15, 0.2) is 90.1 Å². The number of anilines is 1. The Hall–Kier alpha value is -4.41. The molecule has 10 heteroatoms. The zero-order valence-electron chi connectivity index (χ0n) is 21.1. The molecule has 0 unspecified atom stereocenters. The minimum atomic E-state index is -4.18. The molecule has 1 amide bonds. The Morgan fingerprint density at radius 2 is 1.58 bits per heavy atom. The SMILES string of the molecule is COc1ccc(-c2cc(C)c(N(Cc3cccnc3)S(=O)(=O)c3ccc(OC)cc3)c(C(=O)NO)c2)cc1. The highest BCUT2D eigenvalue weighted by Gasteiger charge is 2.31. The van der Waals surface area contributed by atoms with E-state index in [0.717, 1.165) is 9.87 Å². The average Bonchev–Trinajstić information content (AvgIpc) is 2.96. The third-order valence-electron chi connectivity index (χ3n) is 6.02. The average molecular weight is 534 g/mol. The molecule has 38 heavy (non-hydrogen) atoms. The summed E-state index contributed by atoms with van der Waals surface area (Å²) in [5, 5.41) is 9.57. The molecule has 4 rings (SSSR count). The van der Waals surface area contributed by atoms with E-state index in [1.54, 1.807) is 80.4 Å². The van der Waals surface area contributed by atoms with Gasteiger partial charge in [0.25, 0.3) is 15.9 Å². The number of amides is 1. The lowest BCUT2D eigenvalue weighted by molar-refractivity contribution is 0.0707. The summed E-state index contributed by atoms with van der Waals surface area (Å²) >= 11 is 0. The van der Waals surface area contributed by atoms with Crippen molar-refractivity contribution in [2.75, 3.05) is 18.5 Å². The van der Waals surface area contributed by atoms with Crippen molar-refractivity contribution >= 4 is 21.6 Å². The molecule has 0 radical (unpaired) electrons. The zero-order valence-corrected chi connectivity index (χ0v) is 21.9. The van der Waals surface area contributed by atoms with Gasteiger partial charge < -0.3 is 9.47 Å². The first-order chi connectivity index (χ1) is 18.3. The smallest absolute Gasteiger partial charge is 0.276 e. The first-order valence-electron chi connectivity index (χ1n) is 11.6. The molecule has 0 bridgehead atoms. The molecule has 1 aromatic heterocycles. The molecule has 0 saturated heterocycles. The molecule has 0 fully saturated rings. The predicted octanol–water partition coefficient (Wildman–Crippen LogP) is 4.59. The fourth-order valence-electron chi connectivity index (χ4n) is 4.11. The highest BCUT2D eigenvalue weighted by Crippen LogP contribution is 2.36. The van der Waals surface area contributed by atoms with E-state index in [1.807, 2.05) is 12.1 Å². The van der Waals surface area contributed by atoms with E-state index in [4.69, 9.17) is 9.47 Å². The Balaban J connectivity index is 1.92. The van der Waals surface area contributed by atoms with Crippen LogP contribution in [0.5, 0.6) is 11.5 Å². The van der Waals surface area contributed by atoms with E-state index in [2.05, 4.69) is 4.98 Å². The van der Waals surface area contributed by atoms with Crippen LogP contribution in [0.1, 0.15) is 21.5 Å². The fourth-order valence-corrected chi connectivity index (χ4v) is 5.65. The molecule has 196 valence electrons. The van der Waals surface area contributed by atoms with E-state index in [1.165, 1.54) is 19.2 Å². The van der Waals surface area contributed by atoms with Crippen molar-refractivity contribution in [1.82, 2.24) is 10.5 Å². The first kappa shape index (κ1) is 26.6. The molecule has 0 aliphatic rings. The van der Waals surface area contributed by atoms with Crippen molar-refractivity contribution in [3.63, 3.8) is 0 Å². The molecule has 0 atom stereocenters. The van der Waals surface area contributed by atoms with Crippen LogP contribution in [-0.2, 0) is 16.6 Å². The molecule has 9 nitrogen and oxygen atoms in total. The molecule has 2 N–H and O–H groups in total. The van der Waals surface area contributed by atoms with Gasteiger partial charge in [0.15, 0.2) is 0 Å². The quantitative estimate of drug-likeness (QED) is 0.239. The number of rotatable bonds is 9. The highest BCUT2D eigenvalue weighted by atomic mass is 32.2. The van der Waals surface area contributed by atoms with Crippen LogP contribution in [0, 0.1) is 6.92 Å². The lowest BCUT2D eigenvalue weighted by Crippen LogP contribution is -2.34. The van der Waals surface area contributed by atoms with Crippen molar-refractivity contribution in [2.24, 2.45) is 0 Å². The van der Waals surface area contributed by atoms with Gasteiger partial charge >= 0.3 is 0 Å². The summed E-state index contributed by atoms with van der Waals surface area (Å²) in [6.45, 7) is 1.62. The number of methoxy groups -OCH3 is 2. The maximum Gasteiger partial charge on any atom is 0.276 e. The second kappa shape index (κ2) is 11.3. The Morgan fingerprint density at radius 3 is 2.13 bits per heavy atom. The fraction of sp³-hybridized carbons (Fsp3) is 0.143. The van der Waals surface area contributed by atoms with Crippen LogP contribution < -0.4 is 19.3 Å². The van der Waals surface area contributed by atoms with E-state index < -0.39 is 15.9 Å². The largest absolute Gasteiger partial charge is 0.497 e. The zero-order chi connectivity index (χ0) is 27.3. The summed E-state index contributed by atoms with van der Waals surface area (Å²) in [7, 11) is -1.12. The monoisotopic (exact) mass is 533 g/mol. The number of hydroxylamine groups is 1. The number of hydrogen-bond acceptors (Lipinski definition) is 7. The van der Waals surface area contributed by atoms with Gasteiger partial charge in [0.2, 0.25) is 0 Å². The van der Waals surface area contributed by atoms with E-state index in [-0.39, 0.29) is 22.7 Å². The third-order valence-corrected chi connectivity index (χ3v) is 7.78. The van der Waals surface area contributed by atoms with Crippen molar-refractivity contribution in [1.29, 1.82) is 0 Å². The lowest BCUT2D eigenvalue weighted by atomic mass is 9.97. The molecule has 0 saturated carbocycles. The van der Waals surface area contributed by atoms with Gasteiger partial charge in [-0.05, 0) is 83.8 Å². The summed E-state index contributed by atoms with van der Waals surface area (Å²) in [6, 6.07) is 20.0. The Bertz CT molecular complexity index is 1520. The van der Waals surface area contributed by atoms with Gasteiger partial charge in [-0.3, -0.25) is 19.3 Å². The molecular weight excluding hydrogens is 506 g/mol. The number of aryl methyl sites for hydroxylation is 1. The Morgan fingerprint density at radius 1 is 0.947 bits per heavy atom. The normalized spacial score (nSPS) is 11.1. The topological polar surface area (TPSA) is 118 Å². The number of sulfonamides is 1. The maximum absolute atomic E-state index is 14.0. The number of pyridine rings is 1. The summed E-state index contributed by atoms with van der Waals surface area (Å²) < 4.78 is 39.6. The maximum atomic E-state index is 14.0. The molecule has 0 spiro atoms. The standard InChI is InChI=1S/C28H27N3O6S/c1-19-15-22(21-6-8-23(36-2)9-7-21)16-26(28(32)30-33)27(19)31(18-20-5-4-14-29-17-20)38(34,35)25-12-10-24(37-3)11-13-25/h4-17,33H,18H2,1-3H3,(H,30,32). The van der Waals surface area contributed by atoms with Gasteiger partial charge in [0, 0.05) is 12.4 Å². The predicted molar refractivity (Wildman–Crippen MR) is 143 cm³/mol. The number of aromatic nitrogens is 1. The van der Waals surface area contributed by atoms with Crippen LogP contribution in [0.25, 0.3) is 11.1 Å². The van der Waals surface area contributed by atoms with Crippen LogP contribution in [0.2, 0.25) is 0 Å². The molecule has 0 aliphatic heterocycles. The number of benzene rings is 3. The van der Waals surface area contributed by atoms with Crippen LogP contribution >= 0.6 is 0 Å². The van der Waals surface area contributed by atoms with Gasteiger partial charge in [-0.15, -0.1) is 0 Å². The van der Waals surface area contributed by atoms with Gasteiger partial charge in [-0.25, -0.2) is 13.9 Å². The van der Waals surface area contributed by atoms with Crippen molar-refractivity contribution in [3.05, 3.63) is 102 Å². The van der Waals surface area contributed by atoms with E-state index in [0.29, 0.717) is 28.2 Å². The minimum absolute atomic E-state index is 0.0103. The second-order valence-corrected chi connectivity index (χ2v) is 10.3. The Labute approximate surface area is 221 Å². The van der Waals surface area contributed by atoms with E-state index >= 15 is 0 Å². The lowest BCUT2D eigenvalue weighted by Gasteiger charge is -2.28. The molecular formula is C28H27N3O6S. The number of nitrogens with one attached hydrogen (secondary N) is 1. The van der Waals surface area contributed by atoms with Crippen LogP contribution in [0.4, 0.5) is 5.69 Å². The number of hydrogen-bond donors (Lipinski definition) is 2. The first-order valence-corrected chi connectivity index (χ1v) is 13.0. The molecule has 3 aromatic carbocycles. The summed E-state index contributed by atoms with van der Waals surface area (Å²) in [4.78, 5) is 17.1. The Kier molecular flexibility index (Phi) is 7.94. The summed E-state index contributed by atoms with van der Waals surface area (Å²) in [5.74, 6) is 0.325. The highest BCUT2D eigenvalue weighted by molar-refractivity contribution is 7.92. The van der Waals surface area contributed by atoms with Crippen molar-refractivity contribution in [3.8, 4) is 22.6 Å². The van der Waals surface area contributed by atoms with Gasteiger partial charge in [0.1, 0.15) is 11.5 Å². The third kappa shape index (κ3) is 5.46. The van der Waals surface area contributed by atoms with Gasteiger partial charge in [-0.1, -0.05) is 18.2 Å². The molecule has 1 heterocycles. The van der Waals surface area contributed by atoms with Crippen LogP contribution in [-0.4, -0.2) is 38.7 Å². The van der Waals surface area contributed by atoms with Gasteiger partial charge in [-0.2, -0.15) is 0 Å². The number of carbonyl (C=O) groups excluding carboxylic acids is 1. The number of ether oxygens (including phenoxy) is 2.